The zero-order chi connectivity index (χ0) is 17.9. The summed E-state index contributed by atoms with van der Waals surface area (Å²) in [4.78, 5) is 16.9. The lowest BCUT2D eigenvalue weighted by Gasteiger charge is -2.36. The van der Waals surface area contributed by atoms with Crippen LogP contribution < -0.4 is 9.47 Å². The second kappa shape index (κ2) is 7.70. The molecule has 0 unspecified atom stereocenters. The van der Waals surface area contributed by atoms with Crippen molar-refractivity contribution in [2.75, 3.05) is 46.4 Å². The number of ether oxygens (including phenoxy) is 2. The smallest absolute Gasteiger partial charge is 0.260 e. The molecule has 0 spiro atoms. The highest BCUT2D eigenvalue weighted by Crippen LogP contribution is 2.43. The molecule has 1 saturated carbocycles. The summed E-state index contributed by atoms with van der Waals surface area (Å²) in [7, 11) is 1.63. The number of amides is 1. The Morgan fingerprint density at radius 1 is 1.04 bits per heavy atom. The number of methoxy groups -OCH3 is 1. The molecule has 5 heteroatoms. The number of fused-ring (bicyclic) bond motifs is 2. The molecule has 0 radical (unpaired) electrons. The Morgan fingerprint density at radius 2 is 1.77 bits per heavy atom. The van der Waals surface area contributed by atoms with Gasteiger partial charge in [-0.3, -0.25) is 9.69 Å². The summed E-state index contributed by atoms with van der Waals surface area (Å²) in [5, 5.41) is 0. The number of hydrogen-bond acceptors (Lipinski definition) is 4. The van der Waals surface area contributed by atoms with Crippen LogP contribution in [0.3, 0.4) is 0 Å². The van der Waals surface area contributed by atoms with Gasteiger partial charge >= 0.3 is 0 Å². The molecule has 4 rings (SSSR count). The summed E-state index contributed by atoms with van der Waals surface area (Å²) in [6.45, 7) is 4.86. The average molecular weight is 356 g/mol. The van der Waals surface area contributed by atoms with E-state index in [1.807, 2.05) is 29.2 Å². The molecule has 1 aromatic rings. The Hall–Kier alpha value is -2.01. The van der Waals surface area contributed by atoms with E-state index in [4.69, 9.17) is 9.47 Å². The van der Waals surface area contributed by atoms with E-state index in [9.17, 15) is 4.79 Å². The number of carbonyl (C=O) groups is 1. The second-order valence-corrected chi connectivity index (χ2v) is 7.69. The summed E-state index contributed by atoms with van der Waals surface area (Å²) in [6, 6.07) is 7.33. The fraction of sp³-hybridized carbons (Fsp3) is 0.571. The number of allylic oxidation sites excluding steroid dienone is 2. The summed E-state index contributed by atoms with van der Waals surface area (Å²) in [6.07, 6.45) is 7.55. The van der Waals surface area contributed by atoms with E-state index in [0.717, 1.165) is 49.7 Å². The third kappa shape index (κ3) is 3.88. The van der Waals surface area contributed by atoms with Crippen LogP contribution in [0.15, 0.2) is 36.4 Å². The van der Waals surface area contributed by atoms with Crippen molar-refractivity contribution in [3.63, 3.8) is 0 Å². The first-order chi connectivity index (χ1) is 12.7. The van der Waals surface area contributed by atoms with Crippen LogP contribution >= 0.6 is 0 Å². The zero-order valence-corrected chi connectivity index (χ0v) is 15.5. The van der Waals surface area contributed by atoms with E-state index in [1.165, 1.54) is 19.4 Å². The van der Waals surface area contributed by atoms with Crippen molar-refractivity contribution in [2.24, 2.45) is 17.8 Å². The average Bonchev–Trinajstić information content (AvgIpc) is 3.30. The van der Waals surface area contributed by atoms with Gasteiger partial charge in [0.1, 0.15) is 11.5 Å². The molecule has 5 nitrogen and oxygen atoms in total. The van der Waals surface area contributed by atoms with E-state index in [0.29, 0.717) is 5.75 Å². The highest BCUT2D eigenvalue weighted by molar-refractivity contribution is 5.77. The van der Waals surface area contributed by atoms with E-state index in [-0.39, 0.29) is 12.5 Å². The van der Waals surface area contributed by atoms with Crippen LogP contribution in [0.1, 0.15) is 12.8 Å². The van der Waals surface area contributed by atoms with Crippen molar-refractivity contribution in [1.82, 2.24) is 9.80 Å². The Kier molecular flexibility index (Phi) is 5.16. The van der Waals surface area contributed by atoms with E-state index in [1.54, 1.807) is 7.11 Å². The SMILES string of the molecule is COc1ccc(OCC(=O)N2CCN(C[C@H]3C[C@@H]4C=C[C@H]3C4)CC2)cc1. The second-order valence-electron chi connectivity index (χ2n) is 7.69. The molecular formula is C21H28N2O3. The Morgan fingerprint density at radius 3 is 2.38 bits per heavy atom. The first kappa shape index (κ1) is 17.4. The zero-order valence-electron chi connectivity index (χ0n) is 15.5. The van der Waals surface area contributed by atoms with Crippen LogP contribution in [0.2, 0.25) is 0 Å². The lowest BCUT2D eigenvalue weighted by molar-refractivity contribution is -0.135. The number of benzene rings is 1. The third-order valence-corrected chi connectivity index (χ3v) is 6.06. The van der Waals surface area contributed by atoms with Gasteiger partial charge in [0.2, 0.25) is 0 Å². The predicted molar refractivity (Wildman–Crippen MR) is 100 cm³/mol. The summed E-state index contributed by atoms with van der Waals surface area (Å²) in [5.74, 6) is 4.02. The van der Waals surface area contributed by atoms with Crippen LogP contribution in [-0.2, 0) is 4.79 Å². The van der Waals surface area contributed by atoms with E-state index >= 15 is 0 Å². The minimum atomic E-state index is 0.0725. The lowest BCUT2D eigenvalue weighted by Crippen LogP contribution is -2.51. The maximum absolute atomic E-state index is 12.4. The summed E-state index contributed by atoms with van der Waals surface area (Å²) >= 11 is 0. The van der Waals surface area contributed by atoms with E-state index in [2.05, 4.69) is 17.1 Å². The largest absolute Gasteiger partial charge is 0.497 e. The van der Waals surface area contributed by atoms with Gasteiger partial charge < -0.3 is 14.4 Å². The minimum Gasteiger partial charge on any atom is -0.497 e. The van der Waals surface area contributed by atoms with Gasteiger partial charge in [-0.25, -0.2) is 0 Å². The van der Waals surface area contributed by atoms with Crippen molar-refractivity contribution in [3.8, 4) is 11.5 Å². The standard InChI is InChI=1S/C21H28N2O3/c1-25-19-4-6-20(7-5-19)26-15-21(24)23-10-8-22(9-11-23)14-18-13-16-2-3-17(18)12-16/h2-7,16-18H,8-15H2,1H3/t16-,17+,18-/m1/s1. The molecule has 26 heavy (non-hydrogen) atoms. The van der Waals surface area contributed by atoms with Crippen molar-refractivity contribution in [2.45, 2.75) is 12.8 Å². The lowest BCUT2D eigenvalue weighted by atomic mass is 9.93. The molecule has 0 aromatic heterocycles. The maximum Gasteiger partial charge on any atom is 0.260 e. The third-order valence-electron chi connectivity index (χ3n) is 6.06. The molecule has 140 valence electrons. The molecule has 3 aliphatic rings. The Labute approximate surface area is 155 Å². The monoisotopic (exact) mass is 356 g/mol. The molecule has 2 aliphatic carbocycles. The quantitative estimate of drug-likeness (QED) is 0.734. The molecule has 2 bridgehead atoms. The maximum atomic E-state index is 12.4. The number of carbonyl (C=O) groups excluding carboxylic acids is 1. The number of hydrogen-bond donors (Lipinski definition) is 0. The molecule has 2 fully saturated rings. The molecular weight excluding hydrogens is 328 g/mol. The van der Waals surface area contributed by atoms with Crippen LogP contribution in [0.4, 0.5) is 0 Å². The van der Waals surface area contributed by atoms with Gasteiger partial charge in [0, 0.05) is 32.7 Å². The van der Waals surface area contributed by atoms with Crippen LogP contribution in [0.5, 0.6) is 11.5 Å². The summed E-state index contributed by atoms with van der Waals surface area (Å²) < 4.78 is 10.7. The molecule has 1 aliphatic heterocycles. The summed E-state index contributed by atoms with van der Waals surface area (Å²) in [5.41, 5.74) is 0. The molecule has 1 amide bonds. The van der Waals surface area contributed by atoms with Gasteiger partial charge in [-0.1, -0.05) is 12.2 Å². The van der Waals surface area contributed by atoms with Gasteiger partial charge in [-0.2, -0.15) is 0 Å². The number of piperazine rings is 1. The van der Waals surface area contributed by atoms with Crippen molar-refractivity contribution in [3.05, 3.63) is 36.4 Å². The molecule has 0 N–H and O–H groups in total. The van der Waals surface area contributed by atoms with Crippen molar-refractivity contribution >= 4 is 5.91 Å². The van der Waals surface area contributed by atoms with Crippen LogP contribution in [0.25, 0.3) is 0 Å². The van der Waals surface area contributed by atoms with Gasteiger partial charge in [0.05, 0.1) is 7.11 Å². The fourth-order valence-electron chi connectivity index (χ4n) is 4.52. The Balaban J connectivity index is 1.19. The normalized spacial score (nSPS) is 27.7. The molecule has 3 atom stereocenters. The van der Waals surface area contributed by atoms with Gasteiger partial charge in [-0.05, 0) is 54.9 Å². The van der Waals surface area contributed by atoms with Crippen LogP contribution in [-0.4, -0.2) is 62.1 Å². The molecule has 1 saturated heterocycles. The molecule has 1 aromatic carbocycles. The van der Waals surface area contributed by atoms with Gasteiger partial charge in [0.15, 0.2) is 6.61 Å². The van der Waals surface area contributed by atoms with Crippen molar-refractivity contribution in [1.29, 1.82) is 0 Å². The van der Waals surface area contributed by atoms with Gasteiger partial charge in [-0.15, -0.1) is 0 Å². The van der Waals surface area contributed by atoms with Crippen molar-refractivity contribution < 1.29 is 14.3 Å². The first-order valence-electron chi connectivity index (χ1n) is 9.66. The number of nitrogens with zero attached hydrogens (tertiary/aromatic N) is 2. The first-order valence-corrected chi connectivity index (χ1v) is 9.66. The Bertz CT molecular complexity index is 650. The van der Waals surface area contributed by atoms with Gasteiger partial charge in [0.25, 0.3) is 5.91 Å². The predicted octanol–water partition coefficient (Wildman–Crippen LogP) is 2.43. The number of rotatable bonds is 6. The fourth-order valence-corrected chi connectivity index (χ4v) is 4.52. The topological polar surface area (TPSA) is 42.0 Å². The highest BCUT2D eigenvalue weighted by Gasteiger charge is 2.36. The minimum absolute atomic E-state index is 0.0725. The van der Waals surface area contributed by atoms with E-state index < -0.39 is 0 Å². The highest BCUT2D eigenvalue weighted by atomic mass is 16.5. The molecule has 1 heterocycles. The van der Waals surface area contributed by atoms with Crippen LogP contribution in [0, 0.1) is 17.8 Å².